The molecule has 5 heteroatoms. The summed E-state index contributed by atoms with van der Waals surface area (Å²) in [5, 5.41) is 0.706. The van der Waals surface area contributed by atoms with E-state index >= 15 is 0 Å². The van der Waals surface area contributed by atoms with Crippen LogP contribution in [-0.2, 0) is 0 Å². The van der Waals surface area contributed by atoms with Gasteiger partial charge >= 0.3 is 0 Å². The van der Waals surface area contributed by atoms with Gasteiger partial charge in [0.2, 0.25) is 0 Å². The zero-order chi connectivity index (χ0) is 21.3. The molecule has 1 aliphatic rings. The minimum Gasteiger partial charge on any atom is -0.332 e. The van der Waals surface area contributed by atoms with E-state index in [4.69, 9.17) is 11.6 Å². The number of likely N-dealkylation sites (N-methyl/N-ethyl adjacent to an activating group) is 1. The Labute approximate surface area is 183 Å². The van der Waals surface area contributed by atoms with Gasteiger partial charge in [0.15, 0.2) is 0 Å². The number of halogens is 1. The summed E-state index contributed by atoms with van der Waals surface area (Å²) in [6, 6.07) is 18.2. The van der Waals surface area contributed by atoms with Crippen molar-refractivity contribution < 1.29 is 9.69 Å². The smallest absolute Gasteiger partial charge is 0.256 e. The van der Waals surface area contributed by atoms with Crippen molar-refractivity contribution in [3.63, 3.8) is 0 Å². The predicted octanol–water partition coefficient (Wildman–Crippen LogP) is 3.78. The van der Waals surface area contributed by atoms with Gasteiger partial charge in [-0.05, 0) is 56.2 Å². The molecule has 0 atom stereocenters. The van der Waals surface area contributed by atoms with Gasteiger partial charge in [0.25, 0.3) is 5.91 Å². The third kappa shape index (κ3) is 3.90. The van der Waals surface area contributed by atoms with Crippen LogP contribution in [0, 0.1) is 13.8 Å². The first-order valence-corrected chi connectivity index (χ1v) is 11.0. The van der Waals surface area contributed by atoms with E-state index in [2.05, 4.69) is 30.5 Å². The highest BCUT2D eigenvalue weighted by atomic mass is 35.5. The van der Waals surface area contributed by atoms with Crippen LogP contribution in [0.3, 0.4) is 0 Å². The molecule has 0 radical (unpaired) electrons. The molecule has 1 fully saturated rings. The maximum atomic E-state index is 13.5. The maximum absolute atomic E-state index is 13.5. The lowest BCUT2D eigenvalue weighted by molar-refractivity contribution is -0.902. The van der Waals surface area contributed by atoms with Crippen LogP contribution in [0.5, 0.6) is 0 Å². The SMILES string of the molecule is CC[NH+]1CCN(C(=O)c2cc(-c3ccc(Cl)cc3)n(-c3ccccc3C)c2C)CC1. The zero-order valence-electron chi connectivity index (χ0n) is 17.9. The molecule has 4 rings (SSSR count). The quantitative estimate of drug-likeness (QED) is 0.681. The number of benzene rings is 2. The van der Waals surface area contributed by atoms with Crippen molar-refractivity contribution in [3.05, 3.63) is 76.4 Å². The number of rotatable bonds is 4. The topological polar surface area (TPSA) is 29.7 Å². The molecule has 0 aliphatic carbocycles. The Balaban J connectivity index is 1.79. The highest BCUT2D eigenvalue weighted by molar-refractivity contribution is 6.30. The minimum absolute atomic E-state index is 0.130. The molecule has 1 aromatic heterocycles. The molecule has 1 saturated heterocycles. The van der Waals surface area contributed by atoms with Gasteiger partial charge in [-0.25, -0.2) is 0 Å². The van der Waals surface area contributed by atoms with E-state index in [-0.39, 0.29) is 5.91 Å². The molecule has 2 aromatic carbocycles. The second-order valence-corrected chi connectivity index (χ2v) is 8.49. The zero-order valence-corrected chi connectivity index (χ0v) is 18.7. The van der Waals surface area contributed by atoms with Gasteiger partial charge in [-0.1, -0.05) is 41.9 Å². The second kappa shape index (κ2) is 8.66. The number of hydrogen-bond acceptors (Lipinski definition) is 1. The fourth-order valence-electron chi connectivity index (χ4n) is 4.33. The van der Waals surface area contributed by atoms with Crippen molar-refractivity contribution in [1.29, 1.82) is 0 Å². The highest BCUT2D eigenvalue weighted by Gasteiger charge is 2.27. The first-order chi connectivity index (χ1) is 14.5. The van der Waals surface area contributed by atoms with Crippen molar-refractivity contribution in [3.8, 4) is 16.9 Å². The van der Waals surface area contributed by atoms with Gasteiger partial charge < -0.3 is 14.4 Å². The lowest BCUT2D eigenvalue weighted by Crippen LogP contribution is -3.14. The Morgan fingerprint density at radius 3 is 2.33 bits per heavy atom. The average molecular weight is 423 g/mol. The first kappa shape index (κ1) is 20.7. The molecule has 0 unspecified atom stereocenters. The van der Waals surface area contributed by atoms with Gasteiger partial charge in [-0.15, -0.1) is 0 Å². The Kier molecular flexibility index (Phi) is 5.98. The molecular weight excluding hydrogens is 394 g/mol. The second-order valence-electron chi connectivity index (χ2n) is 8.05. The molecule has 1 aliphatic heterocycles. The fourth-order valence-corrected chi connectivity index (χ4v) is 4.46. The molecule has 2 heterocycles. The largest absolute Gasteiger partial charge is 0.332 e. The van der Waals surface area contributed by atoms with Crippen LogP contribution in [0.2, 0.25) is 5.02 Å². The van der Waals surface area contributed by atoms with E-state index in [0.29, 0.717) is 5.02 Å². The number of hydrogen-bond donors (Lipinski definition) is 1. The Hall–Kier alpha value is -2.56. The van der Waals surface area contributed by atoms with E-state index in [1.165, 1.54) is 5.56 Å². The normalized spacial score (nSPS) is 14.9. The molecule has 0 bridgehead atoms. The third-order valence-electron chi connectivity index (χ3n) is 6.23. The molecule has 30 heavy (non-hydrogen) atoms. The van der Waals surface area contributed by atoms with Crippen LogP contribution < -0.4 is 4.90 Å². The maximum Gasteiger partial charge on any atom is 0.256 e. The van der Waals surface area contributed by atoms with E-state index in [9.17, 15) is 4.79 Å². The monoisotopic (exact) mass is 422 g/mol. The Morgan fingerprint density at radius 1 is 1.03 bits per heavy atom. The summed E-state index contributed by atoms with van der Waals surface area (Å²) in [6.07, 6.45) is 0. The number of para-hydroxylation sites is 1. The standard InChI is InChI=1S/C25H28ClN3O/c1-4-27-13-15-28(16-14-27)25(30)22-17-24(20-9-11-21(26)12-10-20)29(19(22)3)23-8-6-5-7-18(23)2/h5-12,17H,4,13-16H2,1-3H3/p+1. The molecular formula is C25H29ClN3O+. The number of quaternary nitrogens is 1. The van der Waals surface area contributed by atoms with Crippen molar-refractivity contribution in [2.45, 2.75) is 20.8 Å². The van der Waals surface area contributed by atoms with Crippen LogP contribution in [0.15, 0.2) is 54.6 Å². The van der Waals surface area contributed by atoms with Gasteiger partial charge in [-0.2, -0.15) is 0 Å². The van der Waals surface area contributed by atoms with E-state index in [0.717, 1.165) is 60.9 Å². The number of aryl methyl sites for hydroxylation is 1. The summed E-state index contributed by atoms with van der Waals surface area (Å²) < 4.78 is 2.21. The van der Waals surface area contributed by atoms with Crippen molar-refractivity contribution in [1.82, 2.24) is 9.47 Å². The number of piperazine rings is 1. The van der Waals surface area contributed by atoms with Crippen LogP contribution in [0.1, 0.15) is 28.5 Å². The molecule has 1 amide bonds. The number of carbonyl (C=O) groups is 1. The molecule has 3 aromatic rings. The number of aromatic nitrogens is 1. The summed E-state index contributed by atoms with van der Waals surface area (Å²) in [5.41, 5.74) is 6.09. The average Bonchev–Trinajstić information content (AvgIpc) is 3.11. The van der Waals surface area contributed by atoms with Gasteiger partial charge in [0, 0.05) is 16.4 Å². The number of carbonyl (C=O) groups excluding carboxylic acids is 1. The minimum atomic E-state index is 0.130. The number of nitrogens with zero attached hydrogens (tertiary/aromatic N) is 2. The van der Waals surface area contributed by atoms with Crippen molar-refractivity contribution >= 4 is 17.5 Å². The summed E-state index contributed by atoms with van der Waals surface area (Å²) in [6.45, 7) is 11.1. The van der Waals surface area contributed by atoms with Gasteiger partial charge in [0.1, 0.15) is 0 Å². The van der Waals surface area contributed by atoms with E-state index < -0.39 is 0 Å². The lowest BCUT2D eigenvalue weighted by atomic mass is 10.1. The van der Waals surface area contributed by atoms with Crippen LogP contribution in [0.25, 0.3) is 16.9 Å². The van der Waals surface area contributed by atoms with Gasteiger partial charge in [-0.3, -0.25) is 4.79 Å². The Bertz CT molecular complexity index is 1050. The van der Waals surface area contributed by atoms with Crippen LogP contribution >= 0.6 is 11.6 Å². The Morgan fingerprint density at radius 2 is 1.70 bits per heavy atom. The number of amides is 1. The van der Waals surface area contributed by atoms with Crippen LogP contribution in [-0.4, -0.2) is 48.1 Å². The van der Waals surface area contributed by atoms with E-state index in [1.54, 1.807) is 4.90 Å². The summed E-state index contributed by atoms with van der Waals surface area (Å²) in [4.78, 5) is 17.0. The molecule has 1 N–H and O–H groups in total. The predicted molar refractivity (Wildman–Crippen MR) is 123 cm³/mol. The molecule has 156 valence electrons. The molecule has 4 nitrogen and oxygen atoms in total. The van der Waals surface area contributed by atoms with Crippen LogP contribution in [0.4, 0.5) is 0 Å². The number of nitrogens with one attached hydrogen (secondary N) is 1. The third-order valence-corrected chi connectivity index (χ3v) is 6.48. The molecule has 0 spiro atoms. The van der Waals surface area contributed by atoms with E-state index in [1.807, 2.05) is 54.3 Å². The summed E-state index contributed by atoms with van der Waals surface area (Å²) in [7, 11) is 0. The van der Waals surface area contributed by atoms with Gasteiger partial charge in [0.05, 0.1) is 44.0 Å². The summed E-state index contributed by atoms with van der Waals surface area (Å²) in [5.74, 6) is 0.130. The molecule has 0 saturated carbocycles. The lowest BCUT2D eigenvalue weighted by Gasteiger charge is -2.31. The first-order valence-electron chi connectivity index (χ1n) is 10.7. The van der Waals surface area contributed by atoms with Crippen molar-refractivity contribution in [2.75, 3.05) is 32.7 Å². The fraction of sp³-hybridized carbons (Fsp3) is 0.320. The highest BCUT2D eigenvalue weighted by Crippen LogP contribution is 2.32. The van der Waals surface area contributed by atoms with Crippen molar-refractivity contribution in [2.24, 2.45) is 0 Å². The summed E-state index contributed by atoms with van der Waals surface area (Å²) >= 11 is 6.12.